The summed E-state index contributed by atoms with van der Waals surface area (Å²) >= 11 is 1.67. The van der Waals surface area contributed by atoms with Crippen molar-refractivity contribution in [3.05, 3.63) is 66.7 Å². The highest BCUT2D eigenvalue weighted by molar-refractivity contribution is 7.99. The highest BCUT2D eigenvalue weighted by atomic mass is 32.2. The van der Waals surface area contributed by atoms with Gasteiger partial charge in [0.2, 0.25) is 11.8 Å². The van der Waals surface area contributed by atoms with Crippen LogP contribution in [0.3, 0.4) is 0 Å². The minimum atomic E-state index is 0.0120. The molecule has 0 bridgehead atoms. The molecule has 0 unspecified atom stereocenters. The SMILES string of the molecule is COc1ccc(-c2ccc(OCCNC(=O)CCSc3ccccc3)nn2)cc1. The molecule has 1 amide bonds. The van der Waals surface area contributed by atoms with Crippen LogP contribution in [0.5, 0.6) is 11.6 Å². The van der Waals surface area contributed by atoms with Crippen molar-refractivity contribution in [2.75, 3.05) is 26.0 Å². The second-order valence-electron chi connectivity index (χ2n) is 6.10. The average Bonchev–Trinajstić information content (AvgIpc) is 2.78. The van der Waals surface area contributed by atoms with Gasteiger partial charge in [0.05, 0.1) is 19.3 Å². The van der Waals surface area contributed by atoms with Gasteiger partial charge < -0.3 is 14.8 Å². The number of carbonyl (C=O) groups is 1. The van der Waals surface area contributed by atoms with E-state index in [0.29, 0.717) is 25.5 Å². The Morgan fingerprint density at radius 1 is 1.00 bits per heavy atom. The van der Waals surface area contributed by atoms with E-state index in [2.05, 4.69) is 15.5 Å². The van der Waals surface area contributed by atoms with Crippen molar-refractivity contribution in [3.8, 4) is 22.9 Å². The van der Waals surface area contributed by atoms with Crippen molar-refractivity contribution >= 4 is 17.7 Å². The molecular formula is C22H23N3O3S. The van der Waals surface area contributed by atoms with Gasteiger partial charge in [0.1, 0.15) is 12.4 Å². The van der Waals surface area contributed by atoms with Crippen LogP contribution in [0.25, 0.3) is 11.3 Å². The maximum absolute atomic E-state index is 11.9. The molecule has 0 saturated heterocycles. The van der Waals surface area contributed by atoms with Gasteiger partial charge in [-0.3, -0.25) is 4.79 Å². The lowest BCUT2D eigenvalue weighted by Gasteiger charge is -2.07. The summed E-state index contributed by atoms with van der Waals surface area (Å²) in [6, 6.07) is 21.3. The van der Waals surface area contributed by atoms with E-state index in [0.717, 1.165) is 22.8 Å². The number of ether oxygens (including phenoxy) is 2. The number of aromatic nitrogens is 2. The fourth-order valence-corrected chi connectivity index (χ4v) is 3.40. The van der Waals surface area contributed by atoms with Gasteiger partial charge in [-0.1, -0.05) is 18.2 Å². The van der Waals surface area contributed by atoms with Crippen molar-refractivity contribution in [2.24, 2.45) is 0 Å². The van der Waals surface area contributed by atoms with Crippen LogP contribution in [0, 0.1) is 0 Å². The number of nitrogens with zero attached hydrogens (tertiary/aromatic N) is 2. The number of methoxy groups -OCH3 is 1. The molecule has 150 valence electrons. The first kappa shape index (κ1) is 20.7. The fraction of sp³-hybridized carbons (Fsp3) is 0.227. The van der Waals surface area contributed by atoms with E-state index < -0.39 is 0 Å². The lowest BCUT2D eigenvalue weighted by Crippen LogP contribution is -2.28. The van der Waals surface area contributed by atoms with Gasteiger partial charge in [0.25, 0.3) is 0 Å². The Balaban J connectivity index is 1.34. The van der Waals surface area contributed by atoms with Gasteiger partial charge in [-0.2, -0.15) is 0 Å². The predicted octanol–water partition coefficient (Wildman–Crippen LogP) is 3.83. The normalized spacial score (nSPS) is 10.4. The highest BCUT2D eigenvalue weighted by Gasteiger charge is 2.04. The summed E-state index contributed by atoms with van der Waals surface area (Å²) in [4.78, 5) is 13.0. The van der Waals surface area contributed by atoms with Crippen molar-refractivity contribution < 1.29 is 14.3 Å². The monoisotopic (exact) mass is 409 g/mol. The van der Waals surface area contributed by atoms with Crippen LogP contribution < -0.4 is 14.8 Å². The molecule has 3 rings (SSSR count). The molecule has 6 nitrogen and oxygen atoms in total. The maximum atomic E-state index is 11.9. The predicted molar refractivity (Wildman–Crippen MR) is 114 cm³/mol. The third kappa shape index (κ3) is 6.80. The molecule has 29 heavy (non-hydrogen) atoms. The molecule has 3 aromatic rings. The summed E-state index contributed by atoms with van der Waals surface area (Å²) in [5, 5.41) is 11.1. The first-order valence-corrected chi connectivity index (χ1v) is 10.3. The smallest absolute Gasteiger partial charge is 0.233 e. The van der Waals surface area contributed by atoms with E-state index in [1.165, 1.54) is 4.90 Å². The van der Waals surface area contributed by atoms with Crippen LogP contribution in [0.2, 0.25) is 0 Å². The standard InChI is InChI=1S/C22H23N3O3S/c1-27-18-9-7-17(8-10-18)20-11-12-22(25-24-20)28-15-14-23-21(26)13-16-29-19-5-3-2-4-6-19/h2-12H,13-16H2,1H3,(H,23,26). The minimum absolute atomic E-state index is 0.0120. The minimum Gasteiger partial charge on any atom is -0.497 e. The van der Waals surface area contributed by atoms with Crippen LogP contribution in [-0.2, 0) is 4.79 Å². The maximum Gasteiger partial charge on any atom is 0.233 e. The lowest BCUT2D eigenvalue weighted by molar-refractivity contribution is -0.120. The van der Waals surface area contributed by atoms with E-state index in [1.54, 1.807) is 24.9 Å². The number of nitrogens with one attached hydrogen (secondary N) is 1. The molecule has 0 aliphatic rings. The highest BCUT2D eigenvalue weighted by Crippen LogP contribution is 2.21. The zero-order valence-electron chi connectivity index (χ0n) is 16.2. The van der Waals surface area contributed by atoms with E-state index in [4.69, 9.17) is 9.47 Å². The van der Waals surface area contributed by atoms with E-state index in [1.807, 2.05) is 60.7 Å². The molecule has 7 heteroatoms. The van der Waals surface area contributed by atoms with Gasteiger partial charge in [-0.05, 0) is 42.5 Å². The van der Waals surface area contributed by atoms with Crippen molar-refractivity contribution in [3.63, 3.8) is 0 Å². The number of hydrogen-bond acceptors (Lipinski definition) is 6. The Morgan fingerprint density at radius 2 is 1.79 bits per heavy atom. The van der Waals surface area contributed by atoms with Gasteiger partial charge in [-0.15, -0.1) is 22.0 Å². The first-order chi connectivity index (χ1) is 14.2. The third-order valence-electron chi connectivity index (χ3n) is 4.04. The second kappa shape index (κ2) is 11.1. The Kier molecular flexibility index (Phi) is 7.89. The Labute approximate surface area is 174 Å². The molecule has 0 saturated carbocycles. The van der Waals surface area contributed by atoms with Crippen LogP contribution >= 0.6 is 11.8 Å². The number of benzene rings is 2. The zero-order valence-corrected chi connectivity index (χ0v) is 17.0. The summed E-state index contributed by atoms with van der Waals surface area (Å²) < 4.78 is 10.7. The van der Waals surface area contributed by atoms with Gasteiger partial charge >= 0.3 is 0 Å². The largest absolute Gasteiger partial charge is 0.497 e. The summed E-state index contributed by atoms with van der Waals surface area (Å²) in [6.07, 6.45) is 0.468. The van der Waals surface area contributed by atoms with Crippen LogP contribution in [-0.4, -0.2) is 42.1 Å². The Hall–Kier alpha value is -3.06. The summed E-state index contributed by atoms with van der Waals surface area (Å²) in [6.45, 7) is 0.769. The molecule has 1 heterocycles. The van der Waals surface area contributed by atoms with Crippen LogP contribution in [0.4, 0.5) is 0 Å². The number of amides is 1. The quantitative estimate of drug-likeness (QED) is 0.405. The molecule has 0 spiro atoms. The fourth-order valence-electron chi connectivity index (χ4n) is 2.53. The number of hydrogen-bond donors (Lipinski definition) is 1. The van der Waals surface area contributed by atoms with Crippen LogP contribution in [0.1, 0.15) is 6.42 Å². The average molecular weight is 410 g/mol. The molecule has 0 aliphatic heterocycles. The van der Waals surface area contributed by atoms with Gasteiger partial charge in [-0.25, -0.2) is 0 Å². The van der Waals surface area contributed by atoms with E-state index in [9.17, 15) is 4.79 Å². The first-order valence-electron chi connectivity index (χ1n) is 9.30. The molecule has 1 aromatic heterocycles. The van der Waals surface area contributed by atoms with Crippen molar-refractivity contribution in [1.82, 2.24) is 15.5 Å². The summed E-state index contributed by atoms with van der Waals surface area (Å²) in [5.41, 5.74) is 1.70. The molecule has 2 aromatic carbocycles. The molecule has 0 radical (unpaired) electrons. The molecule has 1 N–H and O–H groups in total. The van der Waals surface area contributed by atoms with Gasteiger partial charge in [0.15, 0.2) is 0 Å². The zero-order chi connectivity index (χ0) is 20.3. The molecule has 0 fully saturated rings. The Bertz CT molecular complexity index is 887. The van der Waals surface area contributed by atoms with Crippen LogP contribution in [0.15, 0.2) is 71.6 Å². The molecule has 0 aliphatic carbocycles. The number of rotatable bonds is 10. The summed E-state index contributed by atoms with van der Waals surface area (Å²) in [7, 11) is 1.63. The third-order valence-corrected chi connectivity index (χ3v) is 5.05. The van der Waals surface area contributed by atoms with Crippen molar-refractivity contribution in [1.29, 1.82) is 0 Å². The van der Waals surface area contributed by atoms with Gasteiger partial charge in [0, 0.05) is 28.7 Å². The van der Waals surface area contributed by atoms with E-state index >= 15 is 0 Å². The summed E-state index contributed by atoms with van der Waals surface area (Å²) in [5.74, 6) is 1.98. The molecular weight excluding hydrogens is 386 g/mol. The second-order valence-corrected chi connectivity index (χ2v) is 7.26. The number of thioether (sulfide) groups is 1. The number of carbonyl (C=O) groups excluding carboxylic acids is 1. The van der Waals surface area contributed by atoms with E-state index in [-0.39, 0.29) is 5.91 Å². The van der Waals surface area contributed by atoms with Crippen molar-refractivity contribution in [2.45, 2.75) is 11.3 Å². The lowest BCUT2D eigenvalue weighted by atomic mass is 10.1. The molecule has 0 atom stereocenters. The topological polar surface area (TPSA) is 73.3 Å². The Morgan fingerprint density at radius 3 is 2.48 bits per heavy atom.